The summed E-state index contributed by atoms with van der Waals surface area (Å²) in [6.07, 6.45) is 2.18. The molecule has 0 spiro atoms. The van der Waals surface area contributed by atoms with Gasteiger partial charge in [0.1, 0.15) is 0 Å². The normalized spacial score (nSPS) is 17.3. The number of rotatable bonds is 6. The van der Waals surface area contributed by atoms with Gasteiger partial charge in [-0.05, 0) is 25.2 Å². The van der Waals surface area contributed by atoms with Gasteiger partial charge in [0.15, 0.2) is 0 Å². The third-order valence-electron chi connectivity index (χ3n) is 3.37. The average molecular weight is 279 g/mol. The van der Waals surface area contributed by atoms with E-state index in [1.807, 2.05) is 6.92 Å². The summed E-state index contributed by atoms with van der Waals surface area (Å²) in [7, 11) is 0. The van der Waals surface area contributed by atoms with Gasteiger partial charge >= 0.3 is 6.01 Å². The molecule has 1 aliphatic heterocycles. The number of anilines is 2. The van der Waals surface area contributed by atoms with Gasteiger partial charge in [-0.15, -0.1) is 0 Å². The quantitative estimate of drug-likeness (QED) is 0.862. The Labute approximate surface area is 121 Å². The van der Waals surface area contributed by atoms with Gasteiger partial charge in [0.25, 0.3) is 0 Å². The first kappa shape index (κ1) is 14.8. The summed E-state index contributed by atoms with van der Waals surface area (Å²) in [5.41, 5.74) is 0.315. The van der Waals surface area contributed by atoms with Crippen LogP contribution in [0, 0.1) is 5.41 Å². The van der Waals surface area contributed by atoms with Crippen molar-refractivity contribution in [3.8, 4) is 6.01 Å². The number of nitrogens with zero attached hydrogens (tertiary/aromatic N) is 4. The Morgan fingerprint density at radius 3 is 2.65 bits per heavy atom. The van der Waals surface area contributed by atoms with Crippen molar-refractivity contribution in [3.63, 3.8) is 0 Å². The van der Waals surface area contributed by atoms with Gasteiger partial charge in [-0.25, -0.2) is 0 Å². The number of aromatic nitrogens is 3. The Hall–Kier alpha value is -1.59. The molecule has 0 radical (unpaired) electrons. The van der Waals surface area contributed by atoms with Crippen LogP contribution in [0.15, 0.2) is 0 Å². The van der Waals surface area contributed by atoms with Crippen molar-refractivity contribution in [1.29, 1.82) is 0 Å². The zero-order valence-electron chi connectivity index (χ0n) is 12.9. The van der Waals surface area contributed by atoms with E-state index in [0.717, 1.165) is 32.5 Å². The van der Waals surface area contributed by atoms with E-state index in [1.54, 1.807) is 0 Å². The van der Waals surface area contributed by atoms with E-state index in [-0.39, 0.29) is 0 Å². The predicted octanol–water partition coefficient (Wildman–Crippen LogP) is 2.33. The molecule has 0 amide bonds. The minimum absolute atomic E-state index is 0.315. The molecule has 20 heavy (non-hydrogen) atoms. The minimum atomic E-state index is 0.315. The van der Waals surface area contributed by atoms with Crippen molar-refractivity contribution in [2.24, 2.45) is 5.41 Å². The maximum absolute atomic E-state index is 5.45. The largest absolute Gasteiger partial charge is 0.464 e. The molecule has 0 aliphatic carbocycles. The molecule has 1 aromatic rings. The summed E-state index contributed by atoms with van der Waals surface area (Å²) in [5, 5.41) is 3.21. The van der Waals surface area contributed by atoms with Gasteiger partial charge in [0, 0.05) is 19.6 Å². The summed E-state index contributed by atoms with van der Waals surface area (Å²) in [6, 6.07) is 0.404. The van der Waals surface area contributed by atoms with Crippen molar-refractivity contribution in [3.05, 3.63) is 0 Å². The molecule has 0 bridgehead atoms. The molecule has 0 unspecified atom stereocenters. The van der Waals surface area contributed by atoms with E-state index >= 15 is 0 Å². The lowest BCUT2D eigenvalue weighted by Crippen LogP contribution is -2.25. The molecule has 1 fully saturated rings. The second-order valence-electron chi connectivity index (χ2n) is 5.94. The number of hydrogen-bond acceptors (Lipinski definition) is 6. The molecule has 6 nitrogen and oxygen atoms in total. The molecule has 0 aromatic carbocycles. The SMILES string of the molecule is CCCNc1nc(OCC)nc(N2CCC(C)(C)C2)n1. The Kier molecular flexibility index (Phi) is 4.62. The van der Waals surface area contributed by atoms with Gasteiger partial charge in [-0.3, -0.25) is 0 Å². The minimum Gasteiger partial charge on any atom is -0.464 e. The van der Waals surface area contributed by atoms with E-state index < -0.39 is 0 Å². The van der Waals surface area contributed by atoms with Crippen LogP contribution in [-0.2, 0) is 0 Å². The number of hydrogen-bond donors (Lipinski definition) is 1. The first-order valence-electron chi connectivity index (χ1n) is 7.42. The summed E-state index contributed by atoms with van der Waals surface area (Å²) in [5.74, 6) is 1.32. The van der Waals surface area contributed by atoms with Crippen LogP contribution >= 0.6 is 0 Å². The second kappa shape index (κ2) is 6.24. The molecule has 112 valence electrons. The Balaban J connectivity index is 2.20. The highest BCUT2D eigenvalue weighted by atomic mass is 16.5. The van der Waals surface area contributed by atoms with Crippen LogP contribution in [0.25, 0.3) is 0 Å². The fourth-order valence-corrected chi connectivity index (χ4v) is 2.28. The Morgan fingerprint density at radius 1 is 1.25 bits per heavy atom. The molecular formula is C14H25N5O. The molecule has 0 atom stereocenters. The first-order valence-corrected chi connectivity index (χ1v) is 7.42. The smallest absolute Gasteiger partial charge is 0.323 e. The van der Waals surface area contributed by atoms with Crippen molar-refractivity contribution in [1.82, 2.24) is 15.0 Å². The second-order valence-corrected chi connectivity index (χ2v) is 5.94. The lowest BCUT2D eigenvalue weighted by atomic mass is 9.93. The number of nitrogens with one attached hydrogen (secondary N) is 1. The fraction of sp³-hybridized carbons (Fsp3) is 0.786. The third-order valence-corrected chi connectivity index (χ3v) is 3.37. The maximum atomic E-state index is 5.45. The van der Waals surface area contributed by atoms with Gasteiger partial charge in [0.05, 0.1) is 6.61 Å². The number of ether oxygens (including phenoxy) is 1. The van der Waals surface area contributed by atoms with Crippen LogP contribution in [0.2, 0.25) is 0 Å². The molecule has 1 aromatic heterocycles. The Bertz CT molecular complexity index is 449. The first-order chi connectivity index (χ1) is 9.54. The van der Waals surface area contributed by atoms with Crippen LogP contribution in [0.3, 0.4) is 0 Å². The van der Waals surface area contributed by atoms with Crippen molar-refractivity contribution in [2.45, 2.75) is 40.5 Å². The summed E-state index contributed by atoms with van der Waals surface area (Å²) >= 11 is 0. The Morgan fingerprint density at radius 2 is 2.05 bits per heavy atom. The molecule has 2 heterocycles. The predicted molar refractivity (Wildman–Crippen MR) is 80.4 cm³/mol. The lowest BCUT2D eigenvalue weighted by molar-refractivity contribution is 0.312. The highest BCUT2D eigenvalue weighted by Gasteiger charge is 2.31. The van der Waals surface area contributed by atoms with Gasteiger partial charge in [-0.2, -0.15) is 15.0 Å². The van der Waals surface area contributed by atoms with Crippen LogP contribution < -0.4 is 15.0 Å². The standard InChI is InChI=1S/C14H25N5O/c1-5-8-15-11-16-12(18-13(17-11)20-6-2)19-9-7-14(3,4)10-19/h5-10H2,1-4H3,(H,15,16,17,18). The summed E-state index contributed by atoms with van der Waals surface area (Å²) in [6.45, 7) is 11.9. The van der Waals surface area contributed by atoms with E-state index in [2.05, 4.69) is 45.9 Å². The highest BCUT2D eigenvalue weighted by Crippen LogP contribution is 2.31. The molecular weight excluding hydrogens is 254 g/mol. The zero-order valence-corrected chi connectivity index (χ0v) is 12.9. The van der Waals surface area contributed by atoms with E-state index in [9.17, 15) is 0 Å². The highest BCUT2D eigenvalue weighted by molar-refractivity contribution is 5.39. The van der Waals surface area contributed by atoms with E-state index in [1.165, 1.54) is 0 Å². The van der Waals surface area contributed by atoms with Crippen LogP contribution in [0.1, 0.15) is 40.5 Å². The van der Waals surface area contributed by atoms with Gasteiger partial charge in [-0.1, -0.05) is 20.8 Å². The van der Waals surface area contributed by atoms with Crippen LogP contribution in [-0.4, -0.2) is 41.2 Å². The van der Waals surface area contributed by atoms with E-state index in [4.69, 9.17) is 4.74 Å². The van der Waals surface area contributed by atoms with Gasteiger partial charge < -0.3 is 15.0 Å². The van der Waals surface area contributed by atoms with Crippen LogP contribution in [0.4, 0.5) is 11.9 Å². The zero-order chi connectivity index (χ0) is 14.6. The van der Waals surface area contributed by atoms with Crippen molar-refractivity contribution in [2.75, 3.05) is 36.5 Å². The molecule has 0 saturated carbocycles. The van der Waals surface area contributed by atoms with Crippen molar-refractivity contribution >= 4 is 11.9 Å². The average Bonchev–Trinajstić information content (AvgIpc) is 2.77. The molecule has 1 saturated heterocycles. The monoisotopic (exact) mass is 279 g/mol. The van der Waals surface area contributed by atoms with E-state index in [0.29, 0.717) is 29.9 Å². The molecule has 1 N–H and O–H groups in total. The summed E-state index contributed by atoms with van der Waals surface area (Å²) in [4.78, 5) is 15.4. The van der Waals surface area contributed by atoms with Crippen LogP contribution in [0.5, 0.6) is 6.01 Å². The molecule has 6 heteroatoms. The van der Waals surface area contributed by atoms with Gasteiger partial charge in [0.2, 0.25) is 11.9 Å². The maximum Gasteiger partial charge on any atom is 0.323 e. The summed E-state index contributed by atoms with van der Waals surface area (Å²) < 4.78 is 5.45. The fourth-order valence-electron chi connectivity index (χ4n) is 2.28. The molecule has 1 aliphatic rings. The third kappa shape index (κ3) is 3.71. The van der Waals surface area contributed by atoms with Crippen molar-refractivity contribution < 1.29 is 4.74 Å². The lowest BCUT2D eigenvalue weighted by Gasteiger charge is -2.20. The topological polar surface area (TPSA) is 63.2 Å². The molecule has 2 rings (SSSR count).